The number of fused-ring (bicyclic) bond motifs is 1. The minimum absolute atomic E-state index is 0. The molecule has 243 valence electrons. The smallest absolute Gasteiger partial charge is 0.431 e. The summed E-state index contributed by atoms with van der Waals surface area (Å²) in [4.78, 5) is 8.03. The molecule has 0 fully saturated rings. The van der Waals surface area contributed by atoms with E-state index in [0.29, 0.717) is 11.3 Å². The number of hydrogen-bond acceptors (Lipinski definition) is 4. The second kappa shape index (κ2) is 15.5. The molecule has 0 unspecified atom stereocenters. The van der Waals surface area contributed by atoms with Crippen LogP contribution in [0.3, 0.4) is 0 Å². The number of benzene rings is 2. The molecule has 7 aromatic rings. The number of nitrogens with zero attached hydrogens (tertiary/aromatic N) is 8. The largest absolute Gasteiger partial charge is 0.574 e. The van der Waals surface area contributed by atoms with Crippen LogP contribution < -0.4 is 14.8 Å². The normalized spacial score (nSPS) is 10.8. The second-order valence-electron chi connectivity index (χ2n) is 9.79. The number of halogens is 5. The fourth-order valence-electron chi connectivity index (χ4n) is 4.24. The molecule has 0 saturated heterocycles. The number of alkyl halides is 3. The predicted molar refractivity (Wildman–Crippen MR) is 158 cm³/mol. The molecule has 7 rings (SSSR count). The van der Waals surface area contributed by atoms with Crippen LogP contribution in [0.1, 0.15) is 17.0 Å². The maximum Gasteiger partial charge on any atom is 0.431 e. The summed E-state index contributed by atoms with van der Waals surface area (Å²) in [5.41, 5.74) is 4.42. The number of imidazole rings is 1. The molecule has 0 amide bonds. The molecule has 14 heteroatoms. The van der Waals surface area contributed by atoms with Crippen LogP contribution in [0.5, 0.6) is 0 Å². The summed E-state index contributed by atoms with van der Waals surface area (Å²) in [6, 6.07) is 25.8. The van der Waals surface area contributed by atoms with Gasteiger partial charge in [0.05, 0.1) is 13.6 Å². The zero-order valence-corrected chi connectivity index (χ0v) is 27.1. The van der Waals surface area contributed by atoms with Crippen molar-refractivity contribution in [2.24, 2.45) is 7.05 Å². The predicted octanol–water partition coefficient (Wildman–Crippen LogP) is 5.92. The van der Waals surface area contributed by atoms with Crippen LogP contribution in [0.2, 0.25) is 0 Å². The van der Waals surface area contributed by atoms with Crippen molar-refractivity contribution in [1.82, 2.24) is 34.9 Å². The van der Waals surface area contributed by atoms with Crippen LogP contribution in [0, 0.1) is 31.0 Å². The molecule has 1 radical (unpaired) electrons. The summed E-state index contributed by atoms with van der Waals surface area (Å²) in [7, 11) is 1.88. The first kappa shape index (κ1) is 34.8. The molecule has 0 aliphatic rings. The SMILES string of the molecule is Cc1cc(-c2ccccn2)[n-]n1.Cn1[c-][n+](Cc2[c-]cc(F)cc2F)c2ccccc21.FC(F)(F)c1cc(-c2ccccn2)[n-]n1.[Ir]. The van der Waals surface area contributed by atoms with Gasteiger partial charge >= 0.3 is 6.18 Å². The van der Waals surface area contributed by atoms with E-state index in [2.05, 4.69) is 42.8 Å². The van der Waals surface area contributed by atoms with E-state index in [4.69, 9.17) is 0 Å². The minimum atomic E-state index is -4.46. The zero-order valence-electron chi connectivity index (χ0n) is 24.7. The summed E-state index contributed by atoms with van der Waals surface area (Å²) >= 11 is 0. The maximum atomic E-state index is 13.6. The Morgan fingerprint density at radius 2 is 1.45 bits per heavy atom. The van der Waals surface area contributed by atoms with Gasteiger partial charge < -0.3 is 29.5 Å². The van der Waals surface area contributed by atoms with E-state index in [1.165, 1.54) is 6.20 Å². The Labute approximate surface area is 279 Å². The third-order valence-electron chi connectivity index (χ3n) is 6.40. The van der Waals surface area contributed by atoms with E-state index >= 15 is 0 Å². The molecule has 0 bridgehead atoms. The first-order valence-electron chi connectivity index (χ1n) is 13.7. The van der Waals surface area contributed by atoms with Gasteiger partial charge in [-0.2, -0.15) is 19.2 Å². The molecule has 5 aromatic heterocycles. The van der Waals surface area contributed by atoms with Crippen molar-refractivity contribution in [3.05, 3.63) is 138 Å². The summed E-state index contributed by atoms with van der Waals surface area (Å²) in [5.74, 6) is -1.21. The van der Waals surface area contributed by atoms with Gasteiger partial charge in [-0.25, -0.2) is 0 Å². The van der Waals surface area contributed by atoms with E-state index in [1.807, 2.05) is 67.1 Å². The summed E-state index contributed by atoms with van der Waals surface area (Å²) in [6.45, 7) is 2.19. The second-order valence-corrected chi connectivity index (χ2v) is 9.79. The standard InChI is InChI=1S/C15H11F2N2.C9H5F3N3.C9H8N3.Ir/c1-18-10-19(15-5-3-2-4-14(15)18)9-11-6-7-12(16)8-13(11)17;10-9(11,12)8-5-7(14-15-8)6-3-1-2-4-13-6;1-7-6-9(12-11-7)8-4-2-3-5-10-8;/h2-5,7-8H,9H2,1H3;1-5H;2-6H,1H3;/q3*-1;. The average molecular weight is 820 g/mol. The van der Waals surface area contributed by atoms with Crippen LogP contribution in [-0.4, -0.2) is 24.7 Å². The molecule has 0 atom stereocenters. The summed E-state index contributed by atoms with van der Waals surface area (Å²) in [5, 5.41) is 14.3. The van der Waals surface area contributed by atoms with Crippen molar-refractivity contribution in [2.75, 3.05) is 0 Å². The average Bonchev–Trinajstić information content (AvgIpc) is 3.80. The zero-order chi connectivity index (χ0) is 32.7. The van der Waals surface area contributed by atoms with Crippen LogP contribution in [0.4, 0.5) is 22.0 Å². The Morgan fingerprint density at radius 1 is 0.830 bits per heavy atom. The molecular weight excluding hydrogens is 796 g/mol. The van der Waals surface area contributed by atoms with Gasteiger partial charge in [0.15, 0.2) is 0 Å². The number of para-hydroxylation sites is 2. The van der Waals surface area contributed by atoms with Gasteiger partial charge in [0.25, 0.3) is 0 Å². The third kappa shape index (κ3) is 9.02. The number of aromatic nitrogens is 8. The van der Waals surface area contributed by atoms with Crippen LogP contribution in [0.15, 0.2) is 97.3 Å². The van der Waals surface area contributed by atoms with Crippen molar-refractivity contribution >= 4 is 11.0 Å². The van der Waals surface area contributed by atoms with Crippen LogP contribution in [0.25, 0.3) is 33.8 Å². The van der Waals surface area contributed by atoms with E-state index in [0.717, 1.165) is 46.3 Å². The molecule has 0 N–H and O–H groups in total. The fraction of sp³-hybridized carbons (Fsp3) is 0.121. The number of aryl methyl sites for hydroxylation is 2. The van der Waals surface area contributed by atoms with Gasteiger partial charge in [0.2, 0.25) is 6.33 Å². The van der Waals surface area contributed by atoms with Gasteiger partial charge in [0.1, 0.15) is 5.69 Å². The van der Waals surface area contributed by atoms with Crippen molar-refractivity contribution in [3.8, 4) is 22.8 Å². The summed E-state index contributed by atoms with van der Waals surface area (Å²) < 4.78 is 66.7. The monoisotopic (exact) mass is 820 g/mol. The Bertz CT molecular complexity index is 2020. The van der Waals surface area contributed by atoms with Gasteiger partial charge in [-0.05, 0) is 37.3 Å². The van der Waals surface area contributed by atoms with Gasteiger partial charge in [-0.15, -0.1) is 12.1 Å². The maximum absolute atomic E-state index is 13.6. The number of rotatable bonds is 4. The Balaban J connectivity index is 0.000000162. The van der Waals surface area contributed by atoms with Gasteiger partial charge in [0, 0.05) is 72.2 Å². The van der Waals surface area contributed by atoms with E-state index in [-0.39, 0.29) is 32.3 Å². The Morgan fingerprint density at radius 3 is 2.00 bits per heavy atom. The molecule has 8 nitrogen and oxygen atoms in total. The van der Waals surface area contributed by atoms with E-state index in [9.17, 15) is 22.0 Å². The number of pyridine rings is 2. The molecule has 0 spiro atoms. The molecule has 0 saturated carbocycles. The van der Waals surface area contributed by atoms with Crippen LogP contribution in [-0.2, 0) is 39.9 Å². The first-order chi connectivity index (χ1) is 22.1. The number of hydrogen-bond donors (Lipinski definition) is 0. The Kier molecular flexibility index (Phi) is 11.5. The molecular formula is C33H24F5IrN8-3. The molecule has 2 aromatic carbocycles. The van der Waals surface area contributed by atoms with Gasteiger partial charge in [-0.1, -0.05) is 59.4 Å². The third-order valence-corrected chi connectivity index (χ3v) is 6.40. The Hall–Kier alpha value is -5.07. The first-order valence-corrected chi connectivity index (χ1v) is 13.7. The quantitative estimate of drug-likeness (QED) is 0.125. The van der Waals surface area contributed by atoms with Crippen LogP contribution >= 0.6 is 0 Å². The fourth-order valence-corrected chi connectivity index (χ4v) is 4.24. The van der Waals surface area contributed by atoms with E-state index < -0.39 is 23.5 Å². The van der Waals surface area contributed by atoms with Crippen molar-refractivity contribution in [2.45, 2.75) is 19.6 Å². The molecule has 0 aliphatic carbocycles. The van der Waals surface area contributed by atoms with E-state index in [1.54, 1.807) is 29.0 Å². The minimum Gasteiger partial charge on any atom is -0.574 e. The van der Waals surface area contributed by atoms with Crippen molar-refractivity contribution in [1.29, 1.82) is 0 Å². The molecule has 5 heterocycles. The molecule has 47 heavy (non-hydrogen) atoms. The topological polar surface area (TPSA) is 88.6 Å². The van der Waals surface area contributed by atoms with Crippen molar-refractivity contribution < 1.29 is 46.6 Å². The van der Waals surface area contributed by atoms with Crippen molar-refractivity contribution in [3.63, 3.8) is 0 Å². The summed E-state index contributed by atoms with van der Waals surface area (Å²) in [6.07, 6.45) is 1.87. The van der Waals surface area contributed by atoms with Gasteiger partial charge in [-0.3, -0.25) is 18.7 Å². The molecule has 0 aliphatic heterocycles.